The molecule has 1 aliphatic heterocycles. The van der Waals surface area contributed by atoms with E-state index in [2.05, 4.69) is 53.4 Å². The summed E-state index contributed by atoms with van der Waals surface area (Å²) >= 11 is 0. The molecule has 1 aliphatic rings. The van der Waals surface area contributed by atoms with Gasteiger partial charge in [-0.15, -0.1) is 24.0 Å². The highest BCUT2D eigenvalue weighted by molar-refractivity contribution is 14.0. The number of likely N-dealkylation sites (tertiary alicyclic amines) is 1. The maximum Gasteiger partial charge on any atom is 0.193 e. The van der Waals surface area contributed by atoms with Crippen LogP contribution in [-0.2, 0) is 6.54 Å². The molecule has 0 saturated carbocycles. The van der Waals surface area contributed by atoms with E-state index in [1.807, 2.05) is 6.07 Å². The van der Waals surface area contributed by atoms with Crippen LogP contribution < -0.4 is 5.32 Å². The van der Waals surface area contributed by atoms with Gasteiger partial charge in [-0.25, -0.2) is 0 Å². The van der Waals surface area contributed by atoms with E-state index < -0.39 is 0 Å². The van der Waals surface area contributed by atoms with E-state index in [4.69, 9.17) is 4.99 Å². The van der Waals surface area contributed by atoms with Gasteiger partial charge in [-0.1, -0.05) is 30.3 Å². The summed E-state index contributed by atoms with van der Waals surface area (Å²) in [5.41, 5.74) is 1.29. The van der Waals surface area contributed by atoms with E-state index in [0.717, 1.165) is 64.5 Å². The predicted octanol–water partition coefficient (Wildman–Crippen LogP) is 2.55. The third-order valence-corrected chi connectivity index (χ3v) is 4.41. The number of hydrogen-bond donors (Lipinski definition) is 2. The molecule has 0 atom stereocenters. The zero-order valence-electron chi connectivity index (χ0n) is 15.5. The van der Waals surface area contributed by atoms with E-state index in [-0.39, 0.29) is 30.1 Å². The van der Waals surface area contributed by atoms with Gasteiger partial charge in [0.2, 0.25) is 0 Å². The molecule has 0 aliphatic carbocycles. The van der Waals surface area contributed by atoms with Crippen LogP contribution in [0.1, 0.15) is 31.7 Å². The zero-order chi connectivity index (χ0) is 17.2. The quantitative estimate of drug-likeness (QED) is 0.284. The second-order valence-corrected chi connectivity index (χ2v) is 6.50. The van der Waals surface area contributed by atoms with Crippen LogP contribution in [0.25, 0.3) is 0 Å². The summed E-state index contributed by atoms with van der Waals surface area (Å²) in [4.78, 5) is 9.37. The molecule has 0 spiro atoms. The van der Waals surface area contributed by atoms with Gasteiger partial charge in [0, 0.05) is 39.8 Å². The van der Waals surface area contributed by atoms with Gasteiger partial charge in [-0.2, -0.15) is 0 Å². The van der Waals surface area contributed by atoms with Crippen LogP contribution in [0.15, 0.2) is 35.3 Å². The summed E-state index contributed by atoms with van der Waals surface area (Å²) in [7, 11) is 2.08. The second-order valence-electron chi connectivity index (χ2n) is 6.50. The number of nitrogens with one attached hydrogen (secondary N) is 1. The third-order valence-electron chi connectivity index (χ3n) is 4.41. The molecule has 0 unspecified atom stereocenters. The molecule has 142 valence electrons. The summed E-state index contributed by atoms with van der Waals surface area (Å²) in [5, 5.41) is 12.9. The highest BCUT2D eigenvalue weighted by Crippen LogP contribution is 2.10. The van der Waals surface area contributed by atoms with Crippen molar-refractivity contribution in [2.24, 2.45) is 4.99 Å². The minimum absolute atomic E-state index is 0. The van der Waals surface area contributed by atoms with E-state index in [0.29, 0.717) is 0 Å². The Morgan fingerprint density at radius 1 is 1.28 bits per heavy atom. The minimum Gasteiger partial charge on any atom is -0.393 e. The molecule has 2 rings (SSSR count). The molecule has 0 aromatic heterocycles. The normalized spacial score (nSPS) is 16.4. The summed E-state index contributed by atoms with van der Waals surface area (Å²) in [6.07, 6.45) is 2.79. The van der Waals surface area contributed by atoms with Crippen molar-refractivity contribution in [2.45, 2.75) is 38.8 Å². The monoisotopic (exact) mass is 460 g/mol. The zero-order valence-corrected chi connectivity index (χ0v) is 17.9. The second kappa shape index (κ2) is 12.5. The molecule has 25 heavy (non-hydrogen) atoms. The summed E-state index contributed by atoms with van der Waals surface area (Å²) in [6.45, 7) is 7.76. The van der Waals surface area contributed by atoms with Crippen molar-refractivity contribution in [1.29, 1.82) is 0 Å². The van der Waals surface area contributed by atoms with Crippen molar-refractivity contribution in [3.8, 4) is 0 Å². The van der Waals surface area contributed by atoms with Crippen LogP contribution in [0.2, 0.25) is 0 Å². The number of aliphatic imine (C=N–C) groups is 1. The Hall–Kier alpha value is -0.860. The number of aliphatic hydroxyl groups excluding tert-OH is 1. The van der Waals surface area contributed by atoms with E-state index in [9.17, 15) is 5.11 Å². The Bertz CT molecular complexity index is 489. The van der Waals surface area contributed by atoms with Gasteiger partial charge in [-0.3, -0.25) is 4.99 Å². The van der Waals surface area contributed by atoms with Crippen LogP contribution in [0, 0.1) is 0 Å². The van der Waals surface area contributed by atoms with Crippen LogP contribution in [0.3, 0.4) is 0 Å². The first kappa shape index (κ1) is 22.2. The lowest BCUT2D eigenvalue weighted by Gasteiger charge is -2.29. The highest BCUT2D eigenvalue weighted by Gasteiger charge is 2.16. The van der Waals surface area contributed by atoms with Gasteiger partial charge in [0.1, 0.15) is 0 Å². The fourth-order valence-corrected chi connectivity index (χ4v) is 3.02. The molecule has 0 radical (unpaired) electrons. The molecular formula is C19H33IN4O. The lowest BCUT2D eigenvalue weighted by atomic mass is 10.1. The Morgan fingerprint density at radius 2 is 1.96 bits per heavy atom. The average molecular weight is 460 g/mol. The number of aliphatic hydroxyl groups is 1. The summed E-state index contributed by atoms with van der Waals surface area (Å²) in [5.74, 6) is 0.968. The smallest absolute Gasteiger partial charge is 0.193 e. The minimum atomic E-state index is -0.0914. The lowest BCUT2D eigenvalue weighted by Crippen LogP contribution is -2.39. The fourth-order valence-electron chi connectivity index (χ4n) is 3.02. The first-order valence-corrected chi connectivity index (χ1v) is 9.13. The van der Waals surface area contributed by atoms with Crippen molar-refractivity contribution >= 4 is 29.9 Å². The van der Waals surface area contributed by atoms with Gasteiger partial charge in [-0.05, 0) is 38.3 Å². The number of halogens is 1. The number of rotatable bonds is 7. The summed E-state index contributed by atoms with van der Waals surface area (Å²) in [6, 6.07) is 10.5. The van der Waals surface area contributed by atoms with Gasteiger partial charge in [0.25, 0.3) is 0 Å². The van der Waals surface area contributed by atoms with E-state index in [1.54, 1.807) is 0 Å². The van der Waals surface area contributed by atoms with Crippen molar-refractivity contribution in [3.63, 3.8) is 0 Å². The largest absolute Gasteiger partial charge is 0.393 e. The third kappa shape index (κ3) is 8.37. The number of hydrogen-bond acceptors (Lipinski definition) is 3. The molecule has 1 heterocycles. The maximum atomic E-state index is 9.55. The Labute approximate surface area is 169 Å². The Kier molecular flexibility index (Phi) is 11.1. The predicted molar refractivity (Wildman–Crippen MR) is 116 cm³/mol. The topological polar surface area (TPSA) is 51.1 Å². The lowest BCUT2D eigenvalue weighted by molar-refractivity contribution is 0.0824. The highest BCUT2D eigenvalue weighted by atomic mass is 127. The standard InChI is InChI=1S/C19H32N4O.HI/c1-3-20-19(22(2)16-17-8-5-4-6-9-17)21-12-7-13-23-14-10-18(24)11-15-23;/h4-6,8-9,18,24H,3,7,10-16H2,1-2H3,(H,20,21);1H. The van der Waals surface area contributed by atoms with Crippen LogP contribution in [0.4, 0.5) is 0 Å². The van der Waals surface area contributed by atoms with E-state index in [1.165, 1.54) is 5.56 Å². The number of benzene rings is 1. The molecule has 1 saturated heterocycles. The van der Waals surface area contributed by atoms with Crippen molar-refractivity contribution in [1.82, 2.24) is 15.1 Å². The van der Waals surface area contributed by atoms with Gasteiger partial charge < -0.3 is 20.2 Å². The van der Waals surface area contributed by atoms with Crippen LogP contribution in [-0.4, -0.2) is 66.7 Å². The van der Waals surface area contributed by atoms with E-state index >= 15 is 0 Å². The van der Waals surface area contributed by atoms with Gasteiger partial charge in [0.05, 0.1) is 6.10 Å². The maximum absolute atomic E-state index is 9.55. The molecule has 1 fully saturated rings. The number of nitrogens with zero attached hydrogens (tertiary/aromatic N) is 3. The number of piperidine rings is 1. The van der Waals surface area contributed by atoms with Crippen molar-refractivity contribution in [3.05, 3.63) is 35.9 Å². The first-order chi connectivity index (χ1) is 11.7. The van der Waals surface area contributed by atoms with Crippen LogP contribution >= 0.6 is 24.0 Å². The molecule has 0 bridgehead atoms. The molecule has 5 nitrogen and oxygen atoms in total. The molecule has 0 amide bonds. The SMILES string of the molecule is CCNC(=NCCCN1CCC(O)CC1)N(C)Cc1ccccc1.I. The number of guanidine groups is 1. The Morgan fingerprint density at radius 3 is 2.60 bits per heavy atom. The van der Waals surface area contributed by atoms with Gasteiger partial charge >= 0.3 is 0 Å². The van der Waals surface area contributed by atoms with Crippen molar-refractivity contribution < 1.29 is 5.11 Å². The average Bonchev–Trinajstić information content (AvgIpc) is 2.60. The first-order valence-electron chi connectivity index (χ1n) is 9.13. The molecule has 1 aromatic carbocycles. The Balaban J connectivity index is 0.00000312. The van der Waals surface area contributed by atoms with Crippen LogP contribution in [0.5, 0.6) is 0 Å². The molecular weight excluding hydrogens is 427 g/mol. The molecule has 1 aromatic rings. The van der Waals surface area contributed by atoms with Gasteiger partial charge in [0.15, 0.2) is 5.96 Å². The summed E-state index contributed by atoms with van der Waals surface area (Å²) < 4.78 is 0. The molecule has 2 N–H and O–H groups in total. The van der Waals surface area contributed by atoms with Crippen molar-refractivity contribution in [2.75, 3.05) is 39.8 Å². The fraction of sp³-hybridized carbons (Fsp3) is 0.632. The molecule has 6 heteroatoms.